The molecule has 0 bridgehead atoms. The van der Waals surface area contributed by atoms with Crippen molar-refractivity contribution >= 4 is 5.78 Å². The minimum atomic E-state index is 0.229. The van der Waals surface area contributed by atoms with E-state index < -0.39 is 0 Å². The van der Waals surface area contributed by atoms with Gasteiger partial charge in [0.2, 0.25) is 0 Å². The molecule has 3 rings (SSSR count). The molecule has 0 heterocycles. The number of hydrogen-bond acceptors (Lipinski definition) is 3. The summed E-state index contributed by atoms with van der Waals surface area (Å²) in [6.45, 7) is 2.79. The minimum absolute atomic E-state index is 0.229. The molecule has 0 aliphatic heterocycles. The van der Waals surface area contributed by atoms with Gasteiger partial charge in [-0.05, 0) is 48.8 Å². The normalized spacial score (nSPS) is 26.5. The van der Waals surface area contributed by atoms with Crippen LogP contribution in [-0.2, 0) is 17.6 Å². The second-order valence-corrected chi connectivity index (χ2v) is 6.49. The lowest BCUT2D eigenvalue weighted by Crippen LogP contribution is -2.19. The zero-order chi connectivity index (χ0) is 14.8. The van der Waals surface area contributed by atoms with E-state index in [0.717, 1.165) is 37.9 Å². The molecule has 3 heteroatoms. The van der Waals surface area contributed by atoms with Crippen molar-refractivity contribution in [1.29, 1.82) is 0 Å². The minimum Gasteiger partial charge on any atom is -0.493 e. The molecule has 0 amide bonds. The van der Waals surface area contributed by atoms with E-state index in [4.69, 9.17) is 10.5 Å². The molecule has 2 N–H and O–H groups in total. The van der Waals surface area contributed by atoms with Crippen molar-refractivity contribution in [1.82, 2.24) is 0 Å². The second-order valence-electron chi connectivity index (χ2n) is 6.49. The summed E-state index contributed by atoms with van der Waals surface area (Å²) in [5.41, 5.74) is 8.60. The number of carbonyl (C=O) groups is 1. The van der Waals surface area contributed by atoms with Gasteiger partial charge in [-0.15, -0.1) is 0 Å². The van der Waals surface area contributed by atoms with Gasteiger partial charge in [-0.3, -0.25) is 4.79 Å². The van der Waals surface area contributed by atoms with E-state index in [2.05, 4.69) is 13.0 Å². The van der Waals surface area contributed by atoms with Crippen molar-refractivity contribution in [2.75, 3.05) is 6.61 Å². The van der Waals surface area contributed by atoms with Crippen LogP contribution in [0.4, 0.5) is 0 Å². The fraction of sp³-hybridized carbons (Fsp3) is 0.611. The van der Waals surface area contributed by atoms with Gasteiger partial charge < -0.3 is 10.5 Å². The van der Waals surface area contributed by atoms with Crippen molar-refractivity contribution in [2.45, 2.75) is 51.5 Å². The molecule has 0 saturated heterocycles. The van der Waals surface area contributed by atoms with Gasteiger partial charge in [0.15, 0.2) is 0 Å². The molecule has 0 radical (unpaired) electrons. The number of nitrogens with two attached hydrogens (primary N) is 1. The molecular weight excluding hydrogens is 262 g/mol. The van der Waals surface area contributed by atoms with Crippen LogP contribution < -0.4 is 10.5 Å². The largest absolute Gasteiger partial charge is 0.493 e. The summed E-state index contributed by atoms with van der Waals surface area (Å²) >= 11 is 0. The van der Waals surface area contributed by atoms with Crippen LogP contribution in [0.5, 0.6) is 5.75 Å². The Morgan fingerprint density at radius 2 is 2.24 bits per heavy atom. The summed E-state index contributed by atoms with van der Waals surface area (Å²) in [7, 11) is 0. The summed E-state index contributed by atoms with van der Waals surface area (Å²) in [5.74, 6) is 2.42. The molecule has 0 aromatic heterocycles. The summed E-state index contributed by atoms with van der Waals surface area (Å²) in [5, 5.41) is 0. The summed E-state index contributed by atoms with van der Waals surface area (Å²) < 4.78 is 5.89. The predicted molar refractivity (Wildman–Crippen MR) is 83.4 cm³/mol. The van der Waals surface area contributed by atoms with E-state index in [1.165, 1.54) is 11.1 Å². The third kappa shape index (κ3) is 3.29. The van der Waals surface area contributed by atoms with Crippen molar-refractivity contribution in [3.63, 3.8) is 0 Å². The molecule has 3 unspecified atom stereocenters. The van der Waals surface area contributed by atoms with Gasteiger partial charge in [-0.2, -0.15) is 0 Å². The Bertz CT molecular complexity index is 526. The Kier molecular flexibility index (Phi) is 4.29. The number of ketones is 1. The maximum absolute atomic E-state index is 11.9. The van der Waals surface area contributed by atoms with Gasteiger partial charge in [-0.1, -0.05) is 25.5 Å². The zero-order valence-corrected chi connectivity index (χ0v) is 12.8. The SMILES string of the molecule is CCC1CC1C(=O)CCCOc1cccc2c1CC(N)C2. The van der Waals surface area contributed by atoms with E-state index in [9.17, 15) is 4.79 Å². The first-order valence-electron chi connectivity index (χ1n) is 8.21. The van der Waals surface area contributed by atoms with Crippen LogP contribution >= 0.6 is 0 Å². The molecule has 2 aliphatic carbocycles. The van der Waals surface area contributed by atoms with Crippen LogP contribution in [0.1, 0.15) is 43.7 Å². The van der Waals surface area contributed by atoms with Crippen molar-refractivity contribution in [3.8, 4) is 5.75 Å². The summed E-state index contributed by atoms with van der Waals surface area (Å²) in [4.78, 5) is 11.9. The lowest BCUT2D eigenvalue weighted by atomic mass is 10.1. The Labute approximate surface area is 126 Å². The Balaban J connectivity index is 1.44. The molecule has 21 heavy (non-hydrogen) atoms. The van der Waals surface area contributed by atoms with Gasteiger partial charge in [0.25, 0.3) is 0 Å². The molecule has 1 aromatic rings. The average molecular weight is 287 g/mol. The predicted octanol–water partition coefficient (Wildman–Crippen LogP) is 2.89. The molecule has 3 nitrogen and oxygen atoms in total. The first-order chi connectivity index (χ1) is 10.2. The summed E-state index contributed by atoms with van der Waals surface area (Å²) in [6, 6.07) is 6.42. The number of fused-ring (bicyclic) bond motifs is 1. The van der Waals surface area contributed by atoms with Gasteiger partial charge in [-0.25, -0.2) is 0 Å². The fourth-order valence-electron chi connectivity index (χ4n) is 3.49. The second kappa shape index (κ2) is 6.18. The smallest absolute Gasteiger partial charge is 0.136 e. The Morgan fingerprint density at radius 1 is 1.38 bits per heavy atom. The first-order valence-corrected chi connectivity index (χ1v) is 8.21. The van der Waals surface area contributed by atoms with Crippen LogP contribution in [0.15, 0.2) is 18.2 Å². The Hall–Kier alpha value is -1.35. The zero-order valence-electron chi connectivity index (χ0n) is 12.8. The van der Waals surface area contributed by atoms with Crippen LogP contribution in [0.3, 0.4) is 0 Å². The van der Waals surface area contributed by atoms with Crippen LogP contribution in [0.25, 0.3) is 0 Å². The maximum atomic E-state index is 11.9. The first kappa shape index (κ1) is 14.6. The quantitative estimate of drug-likeness (QED) is 0.785. The topological polar surface area (TPSA) is 52.3 Å². The lowest BCUT2D eigenvalue weighted by molar-refractivity contribution is -0.120. The van der Waals surface area contributed by atoms with Crippen LogP contribution in [0, 0.1) is 11.8 Å². The van der Waals surface area contributed by atoms with E-state index in [1.807, 2.05) is 12.1 Å². The number of rotatable bonds is 7. The number of benzene rings is 1. The molecule has 0 spiro atoms. The summed E-state index contributed by atoms with van der Waals surface area (Å²) in [6.07, 6.45) is 5.59. The van der Waals surface area contributed by atoms with E-state index in [1.54, 1.807) is 0 Å². The highest BCUT2D eigenvalue weighted by Gasteiger charge is 2.40. The lowest BCUT2D eigenvalue weighted by Gasteiger charge is -2.10. The standard InChI is InChI=1S/C18H25NO2/c1-2-12-10-15(12)17(20)6-4-8-21-18-7-3-5-13-9-14(19)11-16(13)18/h3,5,7,12,14-15H,2,4,6,8-11,19H2,1H3. The van der Waals surface area contributed by atoms with Crippen molar-refractivity contribution < 1.29 is 9.53 Å². The number of hydrogen-bond donors (Lipinski definition) is 1. The molecule has 2 aliphatic rings. The highest BCUT2D eigenvalue weighted by Crippen LogP contribution is 2.42. The molecule has 1 saturated carbocycles. The van der Waals surface area contributed by atoms with E-state index in [0.29, 0.717) is 30.6 Å². The molecule has 114 valence electrons. The van der Waals surface area contributed by atoms with Crippen LogP contribution in [0.2, 0.25) is 0 Å². The third-order valence-electron chi connectivity index (χ3n) is 4.86. The van der Waals surface area contributed by atoms with E-state index >= 15 is 0 Å². The van der Waals surface area contributed by atoms with Gasteiger partial charge in [0.05, 0.1) is 6.61 Å². The molecular formula is C18H25NO2. The maximum Gasteiger partial charge on any atom is 0.136 e. The van der Waals surface area contributed by atoms with Crippen molar-refractivity contribution in [3.05, 3.63) is 29.3 Å². The Morgan fingerprint density at radius 3 is 3.00 bits per heavy atom. The third-order valence-corrected chi connectivity index (χ3v) is 4.86. The number of Topliss-reactive ketones (excluding diaryl/α,β-unsaturated/α-hetero) is 1. The fourth-order valence-corrected chi connectivity index (χ4v) is 3.49. The van der Waals surface area contributed by atoms with Gasteiger partial charge in [0.1, 0.15) is 11.5 Å². The van der Waals surface area contributed by atoms with Crippen molar-refractivity contribution in [2.24, 2.45) is 17.6 Å². The van der Waals surface area contributed by atoms with Gasteiger partial charge in [0, 0.05) is 18.4 Å². The molecule has 1 aromatic carbocycles. The highest BCUT2D eigenvalue weighted by atomic mass is 16.5. The number of ether oxygens (including phenoxy) is 1. The van der Waals surface area contributed by atoms with Crippen LogP contribution in [-0.4, -0.2) is 18.4 Å². The molecule has 3 atom stereocenters. The van der Waals surface area contributed by atoms with Gasteiger partial charge >= 0.3 is 0 Å². The average Bonchev–Trinajstić information content (AvgIpc) is 3.17. The highest BCUT2D eigenvalue weighted by molar-refractivity contribution is 5.83. The van der Waals surface area contributed by atoms with E-state index in [-0.39, 0.29) is 6.04 Å². The number of carbonyl (C=O) groups excluding carboxylic acids is 1. The molecule has 1 fully saturated rings. The monoisotopic (exact) mass is 287 g/mol.